The van der Waals surface area contributed by atoms with Crippen LogP contribution in [0.5, 0.6) is 0 Å². The number of hydrogen-bond donors (Lipinski definition) is 0. The van der Waals surface area contributed by atoms with E-state index < -0.39 is 0 Å². The molecule has 2 nitrogen and oxygen atoms in total. The third-order valence-electron chi connectivity index (χ3n) is 3.97. The Morgan fingerprint density at radius 3 is 1.00 bits per heavy atom. The van der Waals surface area contributed by atoms with Crippen molar-refractivity contribution < 1.29 is 0 Å². The fourth-order valence-corrected chi connectivity index (χ4v) is 3.83. The van der Waals surface area contributed by atoms with Gasteiger partial charge < -0.3 is 9.13 Å². The molecule has 0 aromatic rings. The Bertz CT molecular complexity index is 107. The average molecular weight is 202 g/mol. The van der Waals surface area contributed by atoms with Crippen molar-refractivity contribution >= 4 is 20.8 Å². The lowest BCUT2D eigenvalue weighted by Crippen LogP contribution is -2.63. The van der Waals surface area contributed by atoms with E-state index in [0.717, 1.165) is 24.2 Å². The second-order valence-corrected chi connectivity index (χ2v) is 6.36. The van der Waals surface area contributed by atoms with Crippen LogP contribution < -0.4 is 0 Å². The summed E-state index contributed by atoms with van der Waals surface area (Å²) < 4.78 is 5.29. The van der Waals surface area contributed by atoms with Gasteiger partial charge in [-0.15, -0.1) is 0 Å². The Kier molecular flexibility index (Phi) is 3.14. The van der Waals surface area contributed by atoms with Gasteiger partial charge in [-0.3, -0.25) is 0 Å². The first-order valence-corrected chi connectivity index (χ1v) is 6.69. The molecular weight excluding hydrogens is 180 g/mol. The van der Waals surface area contributed by atoms with Crippen molar-refractivity contribution in [3.63, 3.8) is 0 Å². The van der Waals surface area contributed by atoms with Crippen molar-refractivity contribution in [2.75, 3.05) is 0 Å². The lowest BCUT2D eigenvalue weighted by Gasteiger charge is -2.51. The van der Waals surface area contributed by atoms with Crippen LogP contribution >= 0.6 is 0 Å². The maximum atomic E-state index is 2.64. The molecule has 0 aromatic carbocycles. The first-order chi connectivity index (χ1) is 5.46. The van der Waals surface area contributed by atoms with Gasteiger partial charge in [-0.2, -0.15) is 0 Å². The Morgan fingerprint density at radius 1 is 0.667 bits per heavy atom. The predicted molar refractivity (Wildman–Crippen MR) is 61.4 cm³/mol. The minimum absolute atomic E-state index is 0.764. The van der Waals surface area contributed by atoms with Crippen molar-refractivity contribution in [3.05, 3.63) is 0 Å². The van der Waals surface area contributed by atoms with Gasteiger partial charge in [-0.05, 0) is 27.7 Å². The summed E-state index contributed by atoms with van der Waals surface area (Å²) in [6, 6.07) is 3.06. The zero-order valence-electron chi connectivity index (χ0n) is 9.20. The Morgan fingerprint density at radius 2 is 0.833 bits per heavy atom. The molecule has 0 aliphatic carbocycles. The highest BCUT2D eigenvalue weighted by Gasteiger charge is 2.34. The molecular formula is C8H22N2Si2. The van der Waals surface area contributed by atoms with E-state index in [1.54, 1.807) is 0 Å². The van der Waals surface area contributed by atoms with E-state index in [4.69, 9.17) is 0 Å². The Labute approximate surface area is 82.3 Å². The van der Waals surface area contributed by atoms with Crippen LogP contribution in [0.3, 0.4) is 0 Å². The molecule has 12 heavy (non-hydrogen) atoms. The minimum atomic E-state index is 0.764. The predicted octanol–water partition coefficient (Wildman–Crippen LogP) is -1.28. The summed E-state index contributed by atoms with van der Waals surface area (Å²) in [7, 11) is 2.42. The molecule has 4 heteroatoms. The second-order valence-electron chi connectivity index (χ2n) is 4.29. The van der Waals surface area contributed by atoms with Crippen molar-refractivity contribution in [2.45, 2.75) is 51.9 Å². The van der Waals surface area contributed by atoms with Crippen molar-refractivity contribution in [1.29, 1.82) is 0 Å². The number of hydrogen-bond acceptors (Lipinski definition) is 2. The molecule has 1 aliphatic heterocycles. The van der Waals surface area contributed by atoms with Crippen LogP contribution in [0.25, 0.3) is 0 Å². The zero-order chi connectivity index (χ0) is 9.46. The van der Waals surface area contributed by atoms with E-state index >= 15 is 0 Å². The lowest BCUT2D eigenvalue weighted by atomic mass is 10.0. The molecule has 72 valence electrons. The highest BCUT2D eigenvalue weighted by molar-refractivity contribution is 6.07. The van der Waals surface area contributed by atoms with E-state index in [9.17, 15) is 0 Å². The topological polar surface area (TPSA) is 6.48 Å². The van der Waals surface area contributed by atoms with Gasteiger partial charge in [0.05, 0.1) is 20.8 Å². The van der Waals surface area contributed by atoms with Gasteiger partial charge in [0.1, 0.15) is 0 Å². The lowest BCUT2D eigenvalue weighted by molar-refractivity contribution is 0.0686. The van der Waals surface area contributed by atoms with Crippen LogP contribution in [0, 0.1) is 0 Å². The van der Waals surface area contributed by atoms with E-state index in [2.05, 4.69) is 36.8 Å². The largest absolute Gasteiger partial charge is 0.324 e. The molecule has 1 rings (SSSR count). The minimum Gasteiger partial charge on any atom is -0.324 e. The molecule has 4 atom stereocenters. The molecule has 0 amide bonds. The summed E-state index contributed by atoms with van der Waals surface area (Å²) >= 11 is 0. The van der Waals surface area contributed by atoms with E-state index in [1.807, 2.05) is 0 Å². The van der Waals surface area contributed by atoms with Gasteiger partial charge in [-0.25, -0.2) is 0 Å². The first-order valence-electron chi connectivity index (χ1n) is 4.90. The first kappa shape index (κ1) is 10.4. The maximum Gasteiger partial charge on any atom is 0.0792 e. The smallest absolute Gasteiger partial charge is 0.0792 e. The molecule has 1 saturated heterocycles. The fourth-order valence-electron chi connectivity index (χ4n) is 2.10. The molecule has 0 unspecified atom stereocenters. The number of nitrogens with zero attached hydrogens (tertiary/aromatic N) is 2. The summed E-state index contributed by atoms with van der Waals surface area (Å²) in [5.74, 6) is 0. The van der Waals surface area contributed by atoms with Gasteiger partial charge in [0.25, 0.3) is 0 Å². The number of piperazine rings is 1. The van der Waals surface area contributed by atoms with E-state index in [-0.39, 0.29) is 0 Å². The third kappa shape index (κ3) is 1.53. The Hall–Kier alpha value is 0.354. The SMILES string of the molecule is C[C@@H]1[C@H](C)N([SiH3])[C@@H](C)[C@H](C)N1[SiH3]. The monoisotopic (exact) mass is 202 g/mol. The zero-order valence-corrected chi connectivity index (χ0v) is 13.2. The van der Waals surface area contributed by atoms with Crippen LogP contribution in [0.4, 0.5) is 0 Å². The van der Waals surface area contributed by atoms with Crippen LogP contribution in [-0.2, 0) is 0 Å². The second kappa shape index (κ2) is 3.61. The van der Waals surface area contributed by atoms with E-state index in [0.29, 0.717) is 0 Å². The van der Waals surface area contributed by atoms with Crippen LogP contribution in [0.15, 0.2) is 0 Å². The van der Waals surface area contributed by atoms with Gasteiger partial charge in [-0.1, -0.05) is 0 Å². The maximum absolute atomic E-state index is 2.64. The molecule has 0 N–H and O–H groups in total. The van der Waals surface area contributed by atoms with Gasteiger partial charge in [0, 0.05) is 24.2 Å². The average Bonchev–Trinajstić information content (AvgIpc) is 2.08. The highest BCUT2D eigenvalue weighted by Crippen LogP contribution is 2.22. The normalized spacial score (nSPS) is 47.0. The molecule has 1 fully saturated rings. The van der Waals surface area contributed by atoms with Crippen molar-refractivity contribution in [1.82, 2.24) is 9.13 Å². The van der Waals surface area contributed by atoms with Gasteiger partial charge in [0.2, 0.25) is 0 Å². The summed E-state index contributed by atoms with van der Waals surface area (Å²) in [6.45, 7) is 9.46. The molecule has 0 saturated carbocycles. The van der Waals surface area contributed by atoms with Gasteiger partial charge >= 0.3 is 0 Å². The third-order valence-corrected chi connectivity index (χ3v) is 7.22. The molecule has 0 spiro atoms. The highest BCUT2D eigenvalue weighted by atomic mass is 28.2. The molecule has 1 aliphatic rings. The quantitative estimate of drug-likeness (QED) is 0.452. The summed E-state index contributed by atoms with van der Waals surface area (Å²) in [6.07, 6.45) is 0. The summed E-state index contributed by atoms with van der Waals surface area (Å²) in [5, 5.41) is 0. The standard InChI is InChI=1S/C8H22N2Si2/c1-5-6(2)10(12)8(4)7(3)9(5)11/h5-8H,1-4,11-12H3/t5-,6-,7-,8+/m0/s1. The van der Waals surface area contributed by atoms with E-state index in [1.165, 1.54) is 20.8 Å². The number of rotatable bonds is 0. The fraction of sp³-hybridized carbons (Fsp3) is 1.00. The summed E-state index contributed by atoms with van der Waals surface area (Å²) in [4.78, 5) is 0. The van der Waals surface area contributed by atoms with Crippen LogP contribution in [0.1, 0.15) is 27.7 Å². The molecule has 0 radical (unpaired) electrons. The van der Waals surface area contributed by atoms with Gasteiger partial charge in [0.15, 0.2) is 0 Å². The molecule has 1 heterocycles. The van der Waals surface area contributed by atoms with Crippen molar-refractivity contribution in [2.24, 2.45) is 0 Å². The molecule has 0 bridgehead atoms. The summed E-state index contributed by atoms with van der Waals surface area (Å²) in [5.41, 5.74) is 0. The van der Waals surface area contributed by atoms with Crippen LogP contribution in [0.2, 0.25) is 0 Å². The van der Waals surface area contributed by atoms with Crippen LogP contribution in [-0.4, -0.2) is 54.1 Å². The van der Waals surface area contributed by atoms with Crippen molar-refractivity contribution in [3.8, 4) is 0 Å². The Balaban J connectivity index is 2.76. The molecule has 0 aromatic heterocycles.